The van der Waals surface area contributed by atoms with Crippen molar-refractivity contribution < 1.29 is 14.4 Å². The van der Waals surface area contributed by atoms with E-state index in [1.165, 1.54) is 34.4 Å². The van der Waals surface area contributed by atoms with Gasteiger partial charge in [-0.25, -0.2) is 0 Å². The molecule has 2 N–H and O–H groups in total. The Bertz CT molecular complexity index is 1460. The Balaban J connectivity index is 1.24. The lowest BCUT2D eigenvalue weighted by Crippen LogP contribution is -2.91. The van der Waals surface area contributed by atoms with Crippen molar-refractivity contribution in [2.75, 3.05) is 19.6 Å². The molecule has 41 heavy (non-hydrogen) atoms. The van der Waals surface area contributed by atoms with Gasteiger partial charge in [0, 0.05) is 22.7 Å². The fourth-order valence-electron chi connectivity index (χ4n) is 6.13. The quantitative estimate of drug-likeness (QED) is 0.342. The highest BCUT2D eigenvalue weighted by atomic mass is 32.2. The minimum atomic E-state index is -0.683. The van der Waals surface area contributed by atoms with Gasteiger partial charge in [-0.2, -0.15) is 0 Å². The van der Waals surface area contributed by atoms with Crippen LogP contribution < -0.4 is 10.0 Å². The Morgan fingerprint density at radius 2 is 1.83 bits per heavy atom. The minimum absolute atomic E-state index is 0.00854. The van der Waals surface area contributed by atoms with Gasteiger partial charge in [-0.05, 0) is 66.3 Å². The number of fused-ring (bicyclic) bond motifs is 2. The van der Waals surface area contributed by atoms with Crippen molar-refractivity contribution >= 4 is 51.1 Å². The maximum Gasteiger partial charge on any atom is 0.262 e. The van der Waals surface area contributed by atoms with Gasteiger partial charge in [0.2, 0.25) is 11.8 Å². The second kappa shape index (κ2) is 11.1. The first-order chi connectivity index (χ1) is 19.3. The molecule has 0 radical (unpaired) electrons. The van der Waals surface area contributed by atoms with E-state index in [2.05, 4.69) is 55.9 Å². The molecule has 9 heteroatoms. The first kappa shape index (κ1) is 29.6. The molecule has 0 bridgehead atoms. The number of hydrogen-bond donors (Lipinski definition) is 2. The third kappa shape index (κ3) is 5.40. The standard InChI is InChI=1S/C32H40N4O3S2/c1-19(2)32-18-35(27(37)16-33-41-23-13-12-20(3)14-21(23)4)26(32)17-36(32)30(39)28(31(5,6)7)34-29(38)25-15-22-10-8-9-11-24(22)40-25/h8-15,19,26,28,33H,16-18H2,1-7H3,(H,34,38). The number of aryl methyl sites for hydroxylation is 2. The third-order valence-electron chi connectivity index (χ3n) is 8.59. The van der Waals surface area contributed by atoms with E-state index >= 15 is 0 Å². The van der Waals surface area contributed by atoms with Crippen LogP contribution in [0.15, 0.2) is 53.4 Å². The number of carbonyl (C=O) groups is 3. The summed E-state index contributed by atoms with van der Waals surface area (Å²) in [5.74, 6) is -0.0905. The van der Waals surface area contributed by atoms with Gasteiger partial charge >= 0.3 is 0 Å². The van der Waals surface area contributed by atoms with Gasteiger partial charge in [0.05, 0.1) is 23.0 Å². The summed E-state index contributed by atoms with van der Waals surface area (Å²) < 4.78 is 4.27. The van der Waals surface area contributed by atoms with Crippen LogP contribution >= 0.6 is 23.3 Å². The summed E-state index contributed by atoms with van der Waals surface area (Å²) >= 11 is 2.91. The summed E-state index contributed by atoms with van der Waals surface area (Å²) in [5, 5.41) is 4.09. The molecule has 3 amide bonds. The lowest BCUT2D eigenvalue weighted by Gasteiger charge is -2.72. The molecular formula is C32H40N4O3S2. The number of carbonyl (C=O) groups excluding carboxylic acids is 3. The van der Waals surface area contributed by atoms with Crippen LogP contribution in [0, 0.1) is 25.2 Å². The predicted octanol–water partition coefficient (Wildman–Crippen LogP) is 5.41. The fraction of sp³-hybridized carbons (Fsp3) is 0.469. The zero-order valence-electron chi connectivity index (χ0n) is 24.9. The summed E-state index contributed by atoms with van der Waals surface area (Å²) in [4.78, 5) is 46.1. The molecule has 2 saturated heterocycles. The van der Waals surface area contributed by atoms with Crippen molar-refractivity contribution in [1.82, 2.24) is 19.8 Å². The number of likely N-dealkylation sites (tertiary alicyclic amines) is 2. The average Bonchev–Trinajstić information content (AvgIpc) is 3.33. The summed E-state index contributed by atoms with van der Waals surface area (Å²) in [6, 6.07) is 15.4. The Labute approximate surface area is 251 Å². The summed E-state index contributed by atoms with van der Waals surface area (Å²) in [7, 11) is 0. The molecule has 3 aromatic rings. The van der Waals surface area contributed by atoms with E-state index in [1.807, 2.05) is 60.9 Å². The molecule has 5 rings (SSSR count). The highest BCUT2D eigenvalue weighted by molar-refractivity contribution is 7.97. The molecule has 2 fully saturated rings. The number of rotatable bonds is 8. The number of thiophene rings is 1. The second-order valence-corrected chi connectivity index (χ2v) is 14.8. The maximum absolute atomic E-state index is 14.1. The Hall–Kier alpha value is -2.88. The lowest BCUT2D eigenvalue weighted by atomic mass is 9.63. The van der Waals surface area contributed by atoms with Crippen molar-refractivity contribution in [1.29, 1.82) is 0 Å². The zero-order valence-corrected chi connectivity index (χ0v) is 26.5. The summed E-state index contributed by atoms with van der Waals surface area (Å²) in [6.07, 6.45) is 0. The first-order valence-corrected chi connectivity index (χ1v) is 15.8. The molecule has 3 atom stereocenters. The van der Waals surface area contributed by atoms with Crippen molar-refractivity contribution in [3.63, 3.8) is 0 Å². The lowest BCUT2D eigenvalue weighted by molar-refractivity contribution is -0.224. The normalized spacial score (nSPS) is 20.8. The van der Waals surface area contributed by atoms with Gasteiger partial charge in [0.1, 0.15) is 6.04 Å². The molecule has 3 unspecified atom stereocenters. The average molecular weight is 593 g/mol. The van der Waals surface area contributed by atoms with Gasteiger partial charge in [-0.3, -0.25) is 19.1 Å². The van der Waals surface area contributed by atoms with Crippen molar-refractivity contribution in [2.24, 2.45) is 11.3 Å². The van der Waals surface area contributed by atoms with Crippen LogP contribution in [0.3, 0.4) is 0 Å². The van der Waals surface area contributed by atoms with Crippen LogP contribution in [-0.4, -0.2) is 64.8 Å². The van der Waals surface area contributed by atoms with E-state index in [1.54, 1.807) is 0 Å². The Kier molecular flexibility index (Phi) is 8.00. The van der Waals surface area contributed by atoms with Crippen molar-refractivity contribution in [3.8, 4) is 0 Å². The minimum Gasteiger partial charge on any atom is -0.339 e. The van der Waals surface area contributed by atoms with Crippen molar-refractivity contribution in [2.45, 2.75) is 71.0 Å². The number of hydrogen-bond acceptors (Lipinski definition) is 6. The highest BCUT2D eigenvalue weighted by Gasteiger charge is 2.69. The number of nitrogens with zero attached hydrogens (tertiary/aromatic N) is 2. The van der Waals surface area contributed by atoms with Gasteiger partial charge in [0.15, 0.2) is 0 Å². The topological polar surface area (TPSA) is 81.8 Å². The fourth-order valence-corrected chi connectivity index (χ4v) is 7.80. The smallest absolute Gasteiger partial charge is 0.262 e. The monoisotopic (exact) mass is 592 g/mol. The summed E-state index contributed by atoms with van der Waals surface area (Å²) in [6.45, 7) is 15.5. The molecule has 2 aliphatic heterocycles. The van der Waals surface area contributed by atoms with Crippen LogP contribution in [0.25, 0.3) is 10.1 Å². The molecule has 1 aromatic heterocycles. The second-order valence-electron chi connectivity index (χ2n) is 12.7. The van der Waals surface area contributed by atoms with E-state index in [0.29, 0.717) is 18.0 Å². The number of benzene rings is 2. The molecule has 0 aliphatic carbocycles. The third-order valence-corrected chi connectivity index (χ3v) is 10.7. The van der Waals surface area contributed by atoms with E-state index in [4.69, 9.17) is 0 Å². The molecule has 2 aliphatic rings. The molecule has 0 saturated carbocycles. The Morgan fingerprint density at radius 1 is 1.10 bits per heavy atom. The van der Waals surface area contributed by atoms with E-state index < -0.39 is 17.0 Å². The van der Waals surface area contributed by atoms with Gasteiger partial charge in [0.25, 0.3) is 5.91 Å². The first-order valence-electron chi connectivity index (χ1n) is 14.2. The largest absolute Gasteiger partial charge is 0.339 e. The van der Waals surface area contributed by atoms with Gasteiger partial charge < -0.3 is 15.1 Å². The SMILES string of the molecule is Cc1ccc(SNCC(=O)N2CC3(C(C)C)C2CN3C(=O)C(NC(=O)c2cc3ccccc3s2)C(C)(C)C)c(C)c1. The predicted molar refractivity (Wildman–Crippen MR) is 167 cm³/mol. The van der Waals surface area contributed by atoms with Crippen LogP contribution in [-0.2, 0) is 9.59 Å². The highest BCUT2D eigenvalue weighted by Crippen LogP contribution is 2.50. The van der Waals surface area contributed by atoms with Crippen molar-refractivity contribution in [3.05, 3.63) is 64.5 Å². The molecule has 2 aromatic carbocycles. The Morgan fingerprint density at radius 3 is 2.46 bits per heavy atom. The number of nitrogens with one attached hydrogen (secondary N) is 2. The molecule has 3 heterocycles. The number of amides is 3. The van der Waals surface area contributed by atoms with Crippen LogP contribution in [0.4, 0.5) is 0 Å². The zero-order chi connectivity index (χ0) is 29.7. The molecular weight excluding hydrogens is 553 g/mol. The molecule has 0 spiro atoms. The van der Waals surface area contributed by atoms with E-state index in [-0.39, 0.29) is 36.2 Å². The van der Waals surface area contributed by atoms with Crippen LogP contribution in [0.2, 0.25) is 0 Å². The van der Waals surface area contributed by atoms with E-state index in [9.17, 15) is 14.4 Å². The molecule has 7 nitrogen and oxygen atoms in total. The maximum atomic E-state index is 14.1. The van der Waals surface area contributed by atoms with E-state index in [0.717, 1.165) is 15.0 Å². The molecule has 218 valence electrons. The summed E-state index contributed by atoms with van der Waals surface area (Å²) in [5.41, 5.74) is 1.50. The van der Waals surface area contributed by atoms with Crippen LogP contribution in [0.1, 0.15) is 55.4 Å². The van der Waals surface area contributed by atoms with Gasteiger partial charge in [-0.15, -0.1) is 11.3 Å². The van der Waals surface area contributed by atoms with Gasteiger partial charge in [-0.1, -0.05) is 70.5 Å². The van der Waals surface area contributed by atoms with Crippen LogP contribution in [0.5, 0.6) is 0 Å². The number of piperazine rings is 1.